The number of methoxy groups -OCH3 is 1. The minimum Gasteiger partial charge on any atom is -0.378 e. The summed E-state index contributed by atoms with van der Waals surface area (Å²) in [5.41, 5.74) is 9.97. The van der Waals surface area contributed by atoms with E-state index in [-0.39, 0.29) is 23.9 Å². The molecule has 11 nitrogen and oxygen atoms in total. The van der Waals surface area contributed by atoms with Gasteiger partial charge in [-0.05, 0) is 34.9 Å². The molecule has 2 aromatic heterocycles. The van der Waals surface area contributed by atoms with Crippen LogP contribution in [0.3, 0.4) is 0 Å². The zero-order valence-electron chi connectivity index (χ0n) is 14.4. The minimum atomic E-state index is -0.556. The van der Waals surface area contributed by atoms with Crippen LogP contribution >= 0.6 is 15.9 Å². The van der Waals surface area contributed by atoms with Crippen LogP contribution in [0.5, 0.6) is 0 Å². The summed E-state index contributed by atoms with van der Waals surface area (Å²) in [6.07, 6.45) is 0. The number of nitrogen functional groups attached to an aromatic ring is 1. The van der Waals surface area contributed by atoms with E-state index in [1.807, 2.05) is 24.3 Å². The van der Waals surface area contributed by atoms with Gasteiger partial charge in [0.2, 0.25) is 11.6 Å². The fourth-order valence-corrected chi connectivity index (χ4v) is 2.46. The second-order valence-corrected chi connectivity index (χ2v) is 6.26. The Morgan fingerprint density at radius 3 is 2.74 bits per heavy atom. The van der Waals surface area contributed by atoms with Crippen molar-refractivity contribution in [2.75, 3.05) is 12.8 Å². The third-order valence-electron chi connectivity index (χ3n) is 3.54. The summed E-state index contributed by atoms with van der Waals surface area (Å²) in [6, 6.07) is 7.52. The van der Waals surface area contributed by atoms with Crippen molar-refractivity contribution >= 4 is 33.4 Å². The van der Waals surface area contributed by atoms with Gasteiger partial charge in [-0.25, -0.2) is 10.1 Å². The number of hydrogen-bond donors (Lipinski definition) is 2. The molecule has 1 amide bonds. The molecule has 0 aliphatic heterocycles. The molecule has 0 fully saturated rings. The third kappa shape index (κ3) is 4.01. The summed E-state index contributed by atoms with van der Waals surface area (Å²) in [5.74, 6) is -0.434. The first-order chi connectivity index (χ1) is 13.0. The second-order valence-electron chi connectivity index (χ2n) is 5.35. The largest absolute Gasteiger partial charge is 0.378 e. The highest BCUT2D eigenvalue weighted by molar-refractivity contribution is 9.10. The van der Waals surface area contributed by atoms with Gasteiger partial charge < -0.3 is 10.5 Å². The summed E-state index contributed by atoms with van der Waals surface area (Å²) in [4.78, 5) is 12.5. The standard InChI is InChI=1S/C15H15BrN8O3/c1-8(9-3-5-10(16)6-4-9)18-20-15(25)12-11(7-26-2)24(23-19-12)14-13(17)21-27-22-14/h3-6H,7H2,1-2H3,(H2,17,21)(H,20,25). The van der Waals surface area contributed by atoms with Crippen LogP contribution in [-0.2, 0) is 11.3 Å². The number of carbonyl (C=O) groups excluding carboxylic acids is 1. The number of ether oxygens (including phenoxy) is 1. The predicted octanol–water partition coefficient (Wildman–Crippen LogP) is 1.30. The molecule has 0 unspecified atom stereocenters. The first kappa shape index (κ1) is 18.7. The van der Waals surface area contributed by atoms with Crippen LogP contribution in [0, 0.1) is 0 Å². The zero-order chi connectivity index (χ0) is 19.4. The van der Waals surface area contributed by atoms with E-state index >= 15 is 0 Å². The summed E-state index contributed by atoms with van der Waals surface area (Å²) < 4.78 is 11.9. The van der Waals surface area contributed by atoms with Crippen molar-refractivity contribution < 1.29 is 14.2 Å². The van der Waals surface area contributed by atoms with E-state index in [4.69, 9.17) is 10.5 Å². The minimum absolute atomic E-state index is 0.00770. The molecule has 0 saturated carbocycles. The molecule has 12 heteroatoms. The van der Waals surface area contributed by atoms with Crippen LogP contribution in [0.4, 0.5) is 5.82 Å². The lowest BCUT2D eigenvalue weighted by Gasteiger charge is -2.05. The van der Waals surface area contributed by atoms with E-state index in [9.17, 15) is 4.79 Å². The Labute approximate surface area is 161 Å². The number of rotatable bonds is 6. The molecule has 0 aliphatic rings. The van der Waals surface area contributed by atoms with Gasteiger partial charge in [0.25, 0.3) is 5.91 Å². The van der Waals surface area contributed by atoms with E-state index in [0.29, 0.717) is 11.4 Å². The van der Waals surface area contributed by atoms with Gasteiger partial charge >= 0.3 is 0 Å². The van der Waals surface area contributed by atoms with Crippen LogP contribution in [0.2, 0.25) is 0 Å². The second kappa shape index (κ2) is 8.05. The third-order valence-corrected chi connectivity index (χ3v) is 4.07. The van der Waals surface area contributed by atoms with E-state index in [1.165, 1.54) is 11.8 Å². The average Bonchev–Trinajstić information content (AvgIpc) is 3.26. The van der Waals surface area contributed by atoms with Crippen molar-refractivity contribution in [3.05, 3.63) is 45.7 Å². The number of hydrogen-bond acceptors (Lipinski definition) is 9. The van der Waals surface area contributed by atoms with Crippen molar-refractivity contribution in [3.8, 4) is 5.82 Å². The fourth-order valence-electron chi connectivity index (χ4n) is 2.20. The number of nitrogens with two attached hydrogens (primary N) is 1. The Balaban J connectivity index is 1.84. The molecule has 1 aromatic carbocycles. The Kier molecular flexibility index (Phi) is 5.57. The maximum absolute atomic E-state index is 12.5. The SMILES string of the molecule is COCc1c(C(=O)NN=C(C)c2ccc(Br)cc2)nnn1-c1nonc1N. The van der Waals surface area contributed by atoms with Crippen LogP contribution in [-0.4, -0.2) is 44.0 Å². The lowest BCUT2D eigenvalue weighted by Crippen LogP contribution is -2.22. The number of anilines is 1. The van der Waals surface area contributed by atoms with Gasteiger partial charge in [-0.1, -0.05) is 33.3 Å². The summed E-state index contributed by atoms with van der Waals surface area (Å²) in [6.45, 7) is 1.82. The lowest BCUT2D eigenvalue weighted by molar-refractivity contribution is 0.0944. The monoisotopic (exact) mass is 434 g/mol. The molecule has 0 aliphatic carbocycles. The van der Waals surface area contributed by atoms with Gasteiger partial charge in [0.1, 0.15) is 5.69 Å². The molecular weight excluding hydrogens is 420 g/mol. The molecule has 0 saturated heterocycles. The van der Waals surface area contributed by atoms with Crippen molar-refractivity contribution in [2.45, 2.75) is 13.5 Å². The van der Waals surface area contributed by atoms with E-state index in [1.54, 1.807) is 6.92 Å². The number of nitrogens with zero attached hydrogens (tertiary/aromatic N) is 6. The fraction of sp³-hybridized carbons (Fsp3) is 0.200. The Bertz CT molecular complexity index is 979. The first-order valence-electron chi connectivity index (χ1n) is 7.63. The molecule has 3 rings (SSSR count). The first-order valence-corrected chi connectivity index (χ1v) is 8.43. The number of benzene rings is 1. The Morgan fingerprint density at radius 1 is 1.37 bits per heavy atom. The molecule has 0 radical (unpaired) electrons. The highest BCUT2D eigenvalue weighted by Crippen LogP contribution is 2.16. The topological polar surface area (TPSA) is 146 Å². The molecule has 140 valence electrons. The summed E-state index contributed by atoms with van der Waals surface area (Å²) in [5, 5.41) is 19.0. The lowest BCUT2D eigenvalue weighted by atomic mass is 10.1. The van der Waals surface area contributed by atoms with Gasteiger partial charge in [0.15, 0.2) is 5.69 Å². The highest BCUT2D eigenvalue weighted by Gasteiger charge is 2.23. The maximum atomic E-state index is 12.5. The molecule has 3 N–H and O–H groups in total. The quantitative estimate of drug-likeness (QED) is 0.435. The molecular formula is C15H15BrN8O3. The van der Waals surface area contributed by atoms with E-state index in [2.05, 4.69) is 51.7 Å². The molecule has 3 aromatic rings. The summed E-state index contributed by atoms with van der Waals surface area (Å²) >= 11 is 3.37. The predicted molar refractivity (Wildman–Crippen MR) is 98.2 cm³/mol. The number of hydrazone groups is 1. The highest BCUT2D eigenvalue weighted by atomic mass is 79.9. The summed E-state index contributed by atoms with van der Waals surface area (Å²) in [7, 11) is 1.47. The molecule has 2 heterocycles. The Hall–Kier alpha value is -3.12. The van der Waals surface area contributed by atoms with E-state index in [0.717, 1.165) is 10.0 Å². The van der Waals surface area contributed by atoms with Gasteiger partial charge in [0.05, 0.1) is 12.3 Å². The van der Waals surface area contributed by atoms with Crippen molar-refractivity contribution in [1.29, 1.82) is 0 Å². The maximum Gasteiger partial charge on any atom is 0.293 e. The molecule has 27 heavy (non-hydrogen) atoms. The molecule has 0 spiro atoms. The normalized spacial score (nSPS) is 11.6. The number of amides is 1. The van der Waals surface area contributed by atoms with Crippen LogP contribution in [0.1, 0.15) is 28.7 Å². The van der Waals surface area contributed by atoms with Gasteiger partial charge in [-0.15, -0.1) is 5.10 Å². The van der Waals surface area contributed by atoms with Crippen LogP contribution in [0.25, 0.3) is 5.82 Å². The number of aromatic nitrogens is 5. The molecule has 0 atom stereocenters. The molecule has 0 bridgehead atoms. The van der Waals surface area contributed by atoms with Gasteiger partial charge in [-0.3, -0.25) is 4.79 Å². The number of halogens is 1. The van der Waals surface area contributed by atoms with Gasteiger partial charge in [0, 0.05) is 11.6 Å². The van der Waals surface area contributed by atoms with Crippen LogP contribution in [0.15, 0.2) is 38.5 Å². The number of nitrogens with one attached hydrogen (secondary N) is 1. The average molecular weight is 435 g/mol. The van der Waals surface area contributed by atoms with Gasteiger partial charge in [-0.2, -0.15) is 9.78 Å². The Morgan fingerprint density at radius 2 is 2.11 bits per heavy atom. The number of carbonyl (C=O) groups is 1. The van der Waals surface area contributed by atoms with Crippen LogP contribution < -0.4 is 11.2 Å². The van der Waals surface area contributed by atoms with Crippen molar-refractivity contribution in [2.24, 2.45) is 5.10 Å². The zero-order valence-corrected chi connectivity index (χ0v) is 16.0. The van der Waals surface area contributed by atoms with E-state index < -0.39 is 5.91 Å². The van der Waals surface area contributed by atoms with Crippen molar-refractivity contribution in [1.82, 2.24) is 30.7 Å². The smallest absolute Gasteiger partial charge is 0.293 e. The van der Waals surface area contributed by atoms with Crippen molar-refractivity contribution in [3.63, 3.8) is 0 Å².